The normalized spacial score (nSPS) is 24.1. The van der Waals surface area contributed by atoms with Gasteiger partial charge in [-0.2, -0.15) is 4.31 Å². The highest BCUT2D eigenvalue weighted by molar-refractivity contribution is 7.89. The second kappa shape index (κ2) is 7.30. The number of hydrogen-bond donors (Lipinski definition) is 1. The molecule has 0 bridgehead atoms. The van der Waals surface area contributed by atoms with Gasteiger partial charge in [-0.05, 0) is 30.5 Å². The first-order valence-corrected chi connectivity index (χ1v) is 10.1. The summed E-state index contributed by atoms with van der Waals surface area (Å²) in [7, 11) is -3.35. The quantitative estimate of drug-likeness (QED) is 0.880. The van der Waals surface area contributed by atoms with Crippen LogP contribution in [0, 0.1) is 0 Å². The molecule has 2 heterocycles. The highest BCUT2D eigenvalue weighted by Crippen LogP contribution is 2.24. The van der Waals surface area contributed by atoms with Crippen molar-refractivity contribution in [2.45, 2.75) is 37.1 Å². The minimum atomic E-state index is -3.35. The number of benzene rings is 1. The molecule has 1 aromatic carbocycles. The summed E-state index contributed by atoms with van der Waals surface area (Å²) in [6, 6.07) is 7.78. The van der Waals surface area contributed by atoms with E-state index >= 15 is 0 Å². The molecule has 2 saturated heterocycles. The Morgan fingerprint density at radius 1 is 1.13 bits per heavy atom. The van der Waals surface area contributed by atoms with Crippen LogP contribution in [0.4, 0.5) is 0 Å². The summed E-state index contributed by atoms with van der Waals surface area (Å²) < 4.78 is 27.3. The largest absolute Gasteiger partial charge is 0.314 e. The van der Waals surface area contributed by atoms with Gasteiger partial charge in [-0.3, -0.25) is 4.90 Å². The van der Waals surface area contributed by atoms with Crippen LogP contribution in [0.3, 0.4) is 0 Å². The first kappa shape index (κ1) is 16.9. The monoisotopic (exact) mass is 337 g/mol. The molecule has 0 aromatic heterocycles. The van der Waals surface area contributed by atoms with Gasteiger partial charge in [-0.1, -0.05) is 25.5 Å². The molecule has 0 spiro atoms. The molecule has 1 unspecified atom stereocenters. The van der Waals surface area contributed by atoms with Gasteiger partial charge >= 0.3 is 0 Å². The van der Waals surface area contributed by atoms with E-state index < -0.39 is 10.0 Å². The van der Waals surface area contributed by atoms with Crippen LogP contribution >= 0.6 is 0 Å². The lowest BCUT2D eigenvalue weighted by Crippen LogP contribution is -2.49. The summed E-state index contributed by atoms with van der Waals surface area (Å²) >= 11 is 0. The van der Waals surface area contributed by atoms with Crippen LogP contribution in [-0.4, -0.2) is 62.9 Å². The van der Waals surface area contributed by atoms with Crippen LogP contribution in [0.15, 0.2) is 29.2 Å². The van der Waals surface area contributed by atoms with Crippen molar-refractivity contribution in [3.8, 4) is 0 Å². The molecule has 2 aliphatic rings. The molecule has 0 radical (unpaired) electrons. The van der Waals surface area contributed by atoms with E-state index in [1.165, 1.54) is 5.56 Å². The van der Waals surface area contributed by atoms with Gasteiger partial charge in [0.05, 0.1) is 4.90 Å². The topological polar surface area (TPSA) is 52.7 Å². The van der Waals surface area contributed by atoms with Crippen LogP contribution in [0.25, 0.3) is 0 Å². The van der Waals surface area contributed by atoms with Crippen LogP contribution in [0.2, 0.25) is 0 Å². The van der Waals surface area contributed by atoms with Crippen molar-refractivity contribution in [3.63, 3.8) is 0 Å². The van der Waals surface area contributed by atoms with Gasteiger partial charge in [0, 0.05) is 45.3 Å². The van der Waals surface area contributed by atoms with Crippen molar-refractivity contribution in [1.29, 1.82) is 0 Å². The summed E-state index contributed by atoms with van der Waals surface area (Å²) in [5.74, 6) is 0. The van der Waals surface area contributed by atoms with Gasteiger partial charge in [0.1, 0.15) is 0 Å². The van der Waals surface area contributed by atoms with Gasteiger partial charge in [0.25, 0.3) is 0 Å². The molecule has 1 atom stereocenters. The maximum absolute atomic E-state index is 12.8. The molecule has 5 nitrogen and oxygen atoms in total. The molecule has 1 aromatic rings. The molecule has 6 heteroatoms. The first-order valence-electron chi connectivity index (χ1n) is 8.65. The number of rotatable bonds is 5. The van der Waals surface area contributed by atoms with Crippen molar-refractivity contribution < 1.29 is 8.42 Å². The zero-order valence-electron chi connectivity index (χ0n) is 13.9. The average Bonchev–Trinajstić information content (AvgIpc) is 3.07. The van der Waals surface area contributed by atoms with E-state index in [1.807, 2.05) is 12.1 Å². The second-order valence-corrected chi connectivity index (χ2v) is 8.42. The Labute approximate surface area is 139 Å². The molecule has 0 aliphatic carbocycles. The van der Waals surface area contributed by atoms with Crippen LogP contribution < -0.4 is 5.32 Å². The van der Waals surface area contributed by atoms with Crippen LogP contribution in [0.1, 0.15) is 25.3 Å². The maximum atomic E-state index is 12.8. The number of nitrogens with zero attached hydrogens (tertiary/aromatic N) is 2. The lowest BCUT2D eigenvalue weighted by atomic mass is 10.1. The lowest BCUT2D eigenvalue weighted by molar-refractivity contribution is 0.179. The highest BCUT2D eigenvalue weighted by atomic mass is 32.2. The molecular weight excluding hydrogens is 310 g/mol. The number of piperazine rings is 1. The molecule has 3 rings (SSSR count). The molecule has 1 N–H and O–H groups in total. The lowest BCUT2D eigenvalue weighted by Gasteiger charge is -2.32. The molecule has 2 aliphatic heterocycles. The Morgan fingerprint density at radius 2 is 1.83 bits per heavy atom. The fraction of sp³-hybridized carbons (Fsp3) is 0.647. The Balaban J connectivity index is 1.67. The van der Waals surface area contributed by atoms with Crippen molar-refractivity contribution >= 4 is 10.0 Å². The van der Waals surface area contributed by atoms with Gasteiger partial charge in [-0.25, -0.2) is 8.42 Å². The van der Waals surface area contributed by atoms with Gasteiger partial charge in [0.2, 0.25) is 10.0 Å². The smallest absolute Gasteiger partial charge is 0.243 e. The fourth-order valence-electron chi connectivity index (χ4n) is 3.54. The van der Waals surface area contributed by atoms with E-state index in [1.54, 1.807) is 16.4 Å². The Bertz CT molecular complexity index is 609. The standard InChI is InChI=1S/C17H27N3O2S/c1-2-3-15-4-6-17(7-5-15)23(21,22)20-11-8-16(14-20)19-12-9-18-10-13-19/h4-7,16,18H,2-3,8-14H2,1H3. The van der Waals surface area contributed by atoms with Crippen molar-refractivity contribution in [3.05, 3.63) is 29.8 Å². The fourth-order valence-corrected chi connectivity index (χ4v) is 5.03. The number of aryl methyl sites for hydroxylation is 1. The predicted octanol–water partition coefficient (Wildman–Crippen LogP) is 1.31. The van der Waals surface area contributed by atoms with Crippen LogP contribution in [-0.2, 0) is 16.4 Å². The zero-order valence-corrected chi connectivity index (χ0v) is 14.7. The van der Waals surface area contributed by atoms with Crippen LogP contribution in [0.5, 0.6) is 0 Å². The SMILES string of the molecule is CCCc1ccc(S(=O)(=O)N2CCC(N3CCNCC3)C2)cc1. The summed E-state index contributed by atoms with van der Waals surface area (Å²) in [5.41, 5.74) is 1.20. The average molecular weight is 337 g/mol. The van der Waals surface area contributed by atoms with Gasteiger partial charge < -0.3 is 5.32 Å². The Morgan fingerprint density at radius 3 is 2.48 bits per heavy atom. The number of hydrogen-bond acceptors (Lipinski definition) is 4. The molecular formula is C17H27N3O2S. The van der Waals surface area contributed by atoms with Gasteiger partial charge in [0.15, 0.2) is 0 Å². The molecule has 0 amide bonds. The molecule has 0 saturated carbocycles. The summed E-state index contributed by atoms with van der Waals surface area (Å²) in [5, 5.41) is 3.35. The van der Waals surface area contributed by atoms with E-state index in [2.05, 4.69) is 17.1 Å². The predicted molar refractivity (Wildman–Crippen MR) is 92.0 cm³/mol. The third kappa shape index (κ3) is 3.76. The Hall–Kier alpha value is -0.950. The van der Waals surface area contributed by atoms with E-state index in [0.717, 1.165) is 45.4 Å². The molecule has 23 heavy (non-hydrogen) atoms. The highest BCUT2D eigenvalue weighted by Gasteiger charge is 2.35. The maximum Gasteiger partial charge on any atom is 0.243 e. The summed E-state index contributed by atoms with van der Waals surface area (Å²) in [6.07, 6.45) is 3.01. The zero-order chi connectivity index (χ0) is 16.3. The minimum Gasteiger partial charge on any atom is -0.314 e. The minimum absolute atomic E-state index is 0.367. The molecule has 2 fully saturated rings. The second-order valence-electron chi connectivity index (χ2n) is 6.49. The Kier molecular flexibility index (Phi) is 5.36. The third-order valence-electron chi connectivity index (χ3n) is 4.89. The number of sulfonamides is 1. The third-order valence-corrected chi connectivity index (χ3v) is 6.77. The van der Waals surface area contributed by atoms with E-state index in [9.17, 15) is 8.42 Å². The molecule has 128 valence electrons. The summed E-state index contributed by atoms with van der Waals surface area (Å²) in [4.78, 5) is 2.86. The van der Waals surface area contributed by atoms with E-state index in [-0.39, 0.29) is 0 Å². The van der Waals surface area contributed by atoms with Crippen molar-refractivity contribution in [1.82, 2.24) is 14.5 Å². The first-order chi connectivity index (χ1) is 11.1. The van der Waals surface area contributed by atoms with Crippen molar-refractivity contribution in [2.24, 2.45) is 0 Å². The summed E-state index contributed by atoms with van der Waals surface area (Å²) in [6.45, 7) is 7.43. The van der Waals surface area contributed by atoms with Gasteiger partial charge in [-0.15, -0.1) is 0 Å². The van der Waals surface area contributed by atoms with E-state index in [0.29, 0.717) is 24.0 Å². The van der Waals surface area contributed by atoms with E-state index in [4.69, 9.17) is 0 Å². The number of nitrogens with one attached hydrogen (secondary N) is 1. The van der Waals surface area contributed by atoms with Crippen molar-refractivity contribution in [2.75, 3.05) is 39.3 Å².